The van der Waals surface area contributed by atoms with Crippen molar-refractivity contribution in [3.63, 3.8) is 0 Å². The number of allylic oxidation sites excluding steroid dienone is 1. The lowest BCUT2D eigenvalue weighted by Gasteiger charge is -2.03. The fraction of sp³-hybridized carbons (Fsp3) is 0.462. The molecule has 0 fully saturated rings. The van der Waals surface area contributed by atoms with Gasteiger partial charge in [0, 0.05) is 19.5 Å². The minimum absolute atomic E-state index is 0.335. The highest BCUT2D eigenvalue weighted by molar-refractivity contribution is 7.13. The normalized spacial score (nSPS) is 11.9. The van der Waals surface area contributed by atoms with Gasteiger partial charge in [0.15, 0.2) is 0 Å². The van der Waals surface area contributed by atoms with Crippen molar-refractivity contribution in [2.45, 2.75) is 20.3 Å². The zero-order valence-corrected chi connectivity index (χ0v) is 12.5. The molecule has 0 N–H and O–H groups in total. The summed E-state index contributed by atoms with van der Waals surface area (Å²) in [5.41, 5.74) is 1.13. The highest BCUT2D eigenvalue weighted by atomic mass is 32.1. The van der Waals surface area contributed by atoms with E-state index in [2.05, 4.69) is 9.98 Å². The van der Waals surface area contributed by atoms with Crippen molar-refractivity contribution < 1.29 is 9.53 Å². The molecule has 0 saturated carbocycles. The SMILES string of the molecule is CC/C=C(/C(=O)OCC)c1csc(N=CN(C)C)n1. The Balaban J connectivity index is 2.93. The van der Waals surface area contributed by atoms with Crippen LogP contribution in [0, 0.1) is 0 Å². The molecule has 1 aromatic rings. The van der Waals surface area contributed by atoms with E-state index >= 15 is 0 Å². The van der Waals surface area contributed by atoms with E-state index in [9.17, 15) is 4.79 Å². The number of hydrogen-bond acceptors (Lipinski definition) is 5. The molecule has 104 valence electrons. The Kier molecular flexibility index (Phi) is 6.21. The summed E-state index contributed by atoms with van der Waals surface area (Å²) in [6.45, 7) is 4.11. The van der Waals surface area contributed by atoms with E-state index in [-0.39, 0.29) is 5.97 Å². The Morgan fingerprint density at radius 2 is 2.26 bits per heavy atom. The van der Waals surface area contributed by atoms with E-state index < -0.39 is 0 Å². The van der Waals surface area contributed by atoms with Crippen molar-refractivity contribution in [1.29, 1.82) is 0 Å². The lowest BCUT2D eigenvalue weighted by molar-refractivity contribution is -0.136. The van der Waals surface area contributed by atoms with Gasteiger partial charge < -0.3 is 9.64 Å². The van der Waals surface area contributed by atoms with Gasteiger partial charge in [-0.3, -0.25) is 0 Å². The van der Waals surface area contributed by atoms with E-state index in [1.165, 1.54) is 11.3 Å². The van der Waals surface area contributed by atoms with Gasteiger partial charge in [0.1, 0.15) is 0 Å². The molecule has 0 amide bonds. The Labute approximate surface area is 117 Å². The molecule has 0 aliphatic rings. The lowest BCUT2D eigenvalue weighted by atomic mass is 10.2. The largest absolute Gasteiger partial charge is 0.462 e. The van der Waals surface area contributed by atoms with Crippen molar-refractivity contribution >= 4 is 34.3 Å². The highest BCUT2D eigenvalue weighted by Crippen LogP contribution is 2.24. The van der Waals surface area contributed by atoms with Crippen LogP contribution in [0.15, 0.2) is 16.4 Å². The van der Waals surface area contributed by atoms with Gasteiger partial charge in [-0.2, -0.15) is 0 Å². The molecule has 1 aromatic heterocycles. The van der Waals surface area contributed by atoms with Gasteiger partial charge in [-0.15, -0.1) is 11.3 Å². The number of aliphatic imine (C=N–C) groups is 1. The highest BCUT2D eigenvalue weighted by Gasteiger charge is 2.15. The van der Waals surface area contributed by atoms with Crippen LogP contribution in [0.1, 0.15) is 26.0 Å². The zero-order valence-electron chi connectivity index (χ0n) is 11.7. The number of carbonyl (C=O) groups is 1. The summed E-state index contributed by atoms with van der Waals surface area (Å²) in [5, 5.41) is 2.44. The molecule has 0 aromatic carbocycles. The van der Waals surface area contributed by atoms with Gasteiger partial charge in [-0.1, -0.05) is 13.0 Å². The Morgan fingerprint density at radius 3 is 2.84 bits per heavy atom. The third kappa shape index (κ3) is 4.82. The lowest BCUT2D eigenvalue weighted by Crippen LogP contribution is -2.07. The molecule has 0 spiro atoms. The molecule has 0 aliphatic heterocycles. The van der Waals surface area contributed by atoms with Crippen molar-refractivity contribution in [1.82, 2.24) is 9.88 Å². The molecule has 1 heterocycles. The Morgan fingerprint density at radius 1 is 1.53 bits per heavy atom. The Hall–Kier alpha value is -1.69. The maximum absolute atomic E-state index is 11.8. The quantitative estimate of drug-likeness (QED) is 0.348. The van der Waals surface area contributed by atoms with Crippen LogP contribution in [-0.2, 0) is 9.53 Å². The molecule has 0 unspecified atom stereocenters. The molecule has 0 bridgehead atoms. The third-order valence-electron chi connectivity index (χ3n) is 2.07. The predicted octanol–water partition coefficient (Wildman–Crippen LogP) is 2.72. The minimum atomic E-state index is -0.335. The summed E-state index contributed by atoms with van der Waals surface area (Å²) < 4.78 is 5.03. The number of carbonyl (C=O) groups excluding carboxylic acids is 1. The first-order valence-electron chi connectivity index (χ1n) is 6.12. The second-order valence-electron chi connectivity index (χ2n) is 3.97. The van der Waals surface area contributed by atoms with Crippen LogP contribution in [0.25, 0.3) is 5.57 Å². The molecule has 6 heteroatoms. The van der Waals surface area contributed by atoms with Gasteiger partial charge >= 0.3 is 5.97 Å². The van der Waals surface area contributed by atoms with Crippen molar-refractivity contribution in [2.75, 3.05) is 20.7 Å². The molecule has 5 nitrogen and oxygen atoms in total. The van der Waals surface area contributed by atoms with Gasteiger partial charge in [0.2, 0.25) is 5.13 Å². The molecular weight excluding hydrogens is 262 g/mol. The summed E-state index contributed by atoms with van der Waals surface area (Å²) in [7, 11) is 3.78. The molecule has 19 heavy (non-hydrogen) atoms. The van der Waals surface area contributed by atoms with E-state index in [0.717, 1.165) is 6.42 Å². The number of esters is 1. The average Bonchev–Trinajstić information content (AvgIpc) is 2.82. The first-order chi connectivity index (χ1) is 9.08. The number of aromatic nitrogens is 1. The number of hydrogen-bond donors (Lipinski definition) is 0. The summed E-state index contributed by atoms with van der Waals surface area (Å²) in [6.07, 6.45) is 4.25. The number of rotatable bonds is 6. The standard InChI is InChI=1S/C13H19N3O2S/c1-5-7-10(12(17)18-6-2)11-8-19-13(15-11)14-9-16(3)4/h7-9H,5-6H2,1-4H3/b10-7+,14-9?. The molecular formula is C13H19N3O2S. The summed E-state index contributed by atoms with van der Waals surface area (Å²) in [5.74, 6) is -0.335. The van der Waals surface area contributed by atoms with Crippen molar-refractivity contribution in [3.05, 3.63) is 17.2 Å². The summed E-state index contributed by atoms with van der Waals surface area (Å²) in [4.78, 5) is 22.2. The second kappa shape index (κ2) is 7.68. The fourth-order valence-electron chi connectivity index (χ4n) is 1.32. The first kappa shape index (κ1) is 15.4. The number of nitrogens with zero attached hydrogens (tertiary/aromatic N) is 3. The minimum Gasteiger partial charge on any atom is -0.462 e. The molecule has 0 radical (unpaired) electrons. The third-order valence-corrected chi connectivity index (χ3v) is 2.82. The molecule has 0 atom stereocenters. The maximum Gasteiger partial charge on any atom is 0.340 e. The van der Waals surface area contributed by atoms with Crippen LogP contribution < -0.4 is 0 Å². The van der Waals surface area contributed by atoms with E-state index in [4.69, 9.17) is 4.74 Å². The molecule has 0 saturated heterocycles. The zero-order chi connectivity index (χ0) is 14.3. The molecule has 0 aliphatic carbocycles. The van der Waals surface area contributed by atoms with Gasteiger partial charge in [-0.25, -0.2) is 14.8 Å². The van der Waals surface area contributed by atoms with Crippen LogP contribution in [0.3, 0.4) is 0 Å². The van der Waals surface area contributed by atoms with Crippen LogP contribution >= 0.6 is 11.3 Å². The summed E-state index contributed by atoms with van der Waals surface area (Å²) in [6, 6.07) is 0. The first-order valence-corrected chi connectivity index (χ1v) is 7.00. The average molecular weight is 281 g/mol. The number of thiazole rings is 1. The maximum atomic E-state index is 11.8. The van der Waals surface area contributed by atoms with Crippen LogP contribution in [-0.4, -0.2) is 42.9 Å². The fourth-order valence-corrected chi connectivity index (χ4v) is 1.97. The number of ether oxygens (including phenoxy) is 1. The van der Waals surface area contributed by atoms with Crippen molar-refractivity contribution in [3.8, 4) is 0 Å². The smallest absolute Gasteiger partial charge is 0.340 e. The van der Waals surface area contributed by atoms with Gasteiger partial charge in [-0.05, 0) is 13.3 Å². The second-order valence-corrected chi connectivity index (χ2v) is 4.81. The predicted molar refractivity (Wildman–Crippen MR) is 78.9 cm³/mol. The van der Waals surface area contributed by atoms with E-state index in [1.807, 2.05) is 37.4 Å². The van der Waals surface area contributed by atoms with Gasteiger partial charge in [0.25, 0.3) is 0 Å². The van der Waals surface area contributed by atoms with Crippen LogP contribution in [0.4, 0.5) is 5.13 Å². The van der Waals surface area contributed by atoms with Crippen LogP contribution in [0.2, 0.25) is 0 Å². The topological polar surface area (TPSA) is 54.8 Å². The van der Waals surface area contributed by atoms with Crippen molar-refractivity contribution in [2.24, 2.45) is 4.99 Å². The Bertz CT molecular complexity index is 478. The monoisotopic (exact) mass is 281 g/mol. The van der Waals surface area contributed by atoms with E-state index in [1.54, 1.807) is 13.3 Å². The van der Waals surface area contributed by atoms with E-state index in [0.29, 0.717) is 23.0 Å². The molecule has 1 rings (SSSR count). The van der Waals surface area contributed by atoms with Gasteiger partial charge in [0.05, 0.1) is 24.2 Å². The summed E-state index contributed by atoms with van der Waals surface area (Å²) >= 11 is 1.40. The van der Waals surface area contributed by atoms with Crippen LogP contribution in [0.5, 0.6) is 0 Å².